The lowest BCUT2D eigenvalue weighted by Gasteiger charge is -2.13. The van der Waals surface area contributed by atoms with Crippen molar-refractivity contribution < 1.29 is 14.6 Å². The highest BCUT2D eigenvalue weighted by Crippen LogP contribution is 2.54. The smallest absolute Gasteiger partial charge is 0.235 e. The van der Waals surface area contributed by atoms with E-state index in [2.05, 4.69) is 20.9 Å². The number of aliphatic imine (C=N–C) groups is 1. The maximum Gasteiger partial charge on any atom is 0.235 e. The van der Waals surface area contributed by atoms with Gasteiger partial charge < -0.3 is 9.84 Å². The Kier molecular flexibility index (Phi) is 2.74. The van der Waals surface area contributed by atoms with Gasteiger partial charge >= 0.3 is 0 Å². The fourth-order valence-electron chi connectivity index (χ4n) is 1.69. The summed E-state index contributed by atoms with van der Waals surface area (Å²) in [5.41, 5.74) is 0.0187. The topological polar surface area (TPSA) is 58.9 Å². The SMILES string of the molecule is COc1cc(Br)c(O)c(C2(N=C=O)CC2)c1. The number of methoxy groups -OCH3 is 1. The van der Waals surface area contributed by atoms with Gasteiger partial charge in [0.25, 0.3) is 0 Å². The summed E-state index contributed by atoms with van der Waals surface area (Å²) in [7, 11) is 1.55. The van der Waals surface area contributed by atoms with Gasteiger partial charge in [0.1, 0.15) is 17.0 Å². The van der Waals surface area contributed by atoms with E-state index in [4.69, 9.17) is 4.74 Å². The monoisotopic (exact) mass is 283 g/mol. The number of phenolic OH excluding ortho intramolecular Hbond substituents is 1. The first-order chi connectivity index (χ1) is 7.63. The fraction of sp³-hybridized carbons (Fsp3) is 0.364. The van der Waals surface area contributed by atoms with Crippen LogP contribution in [0, 0.1) is 0 Å². The first kappa shape index (κ1) is 11.2. The molecule has 1 aromatic rings. The van der Waals surface area contributed by atoms with Gasteiger partial charge in [0.15, 0.2) is 0 Å². The minimum atomic E-state index is -0.594. The second-order valence-electron chi connectivity index (χ2n) is 3.74. The largest absolute Gasteiger partial charge is 0.506 e. The summed E-state index contributed by atoms with van der Waals surface area (Å²) in [5, 5.41) is 9.93. The fourth-order valence-corrected chi connectivity index (χ4v) is 2.13. The molecule has 4 nitrogen and oxygen atoms in total. The first-order valence-corrected chi connectivity index (χ1v) is 5.58. The van der Waals surface area contributed by atoms with Gasteiger partial charge in [-0.3, -0.25) is 0 Å². The van der Waals surface area contributed by atoms with Crippen molar-refractivity contribution >= 4 is 22.0 Å². The van der Waals surface area contributed by atoms with Crippen molar-refractivity contribution in [3.63, 3.8) is 0 Å². The Morgan fingerprint density at radius 3 is 2.75 bits per heavy atom. The Hall–Kier alpha value is -1.32. The Morgan fingerprint density at radius 2 is 2.25 bits per heavy atom. The molecule has 1 aliphatic rings. The van der Waals surface area contributed by atoms with Crippen molar-refractivity contribution in [1.29, 1.82) is 0 Å². The Balaban J connectivity index is 2.55. The lowest BCUT2D eigenvalue weighted by Crippen LogP contribution is -2.03. The van der Waals surface area contributed by atoms with Crippen LogP contribution in [0.5, 0.6) is 11.5 Å². The third-order valence-corrected chi connectivity index (χ3v) is 3.36. The van der Waals surface area contributed by atoms with Crippen LogP contribution >= 0.6 is 15.9 Å². The third-order valence-electron chi connectivity index (χ3n) is 2.76. The van der Waals surface area contributed by atoms with Crippen molar-refractivity contribution in [3.8, 4) is 11.5 Å². The van der Waals surface area contributed by atoms with Crippen molar-refractivity contribution in [2.45, 2.75) is 18.4 Å². The highest BCUT2D eigenvalue weighted by Gasteiger charge is 2.47. The van der Waals surface area contributed by atoms with Crippen molar-refractivity contribution in [2.24, 2.45) is 4.99 Å². The Bertz CT molecular complexity index is 476. The van der Waals surface area contributed by atoms with Crippen LogP contribution in [0.25, 0.3) is 0 Å². The van der Waals surface area contributed by atoms with Crippen molar-refractivity contribution in [3.05, 3.63) is 22.2 Å². The van der Waals surface area contributed by atoms with Crippen LogP contribution in [0.4, 0.5) is 0 Å². The van der Waals surface area contributed by atoms with Crippen LogP contribution < -0.4 is 4.74 Å². The van der Waals surface area contributed by atoms with Gasteiger partial charge in [-0.2, -0.15) is 4.99 Å². The number of benzene rings is 1. The quantitative estimate of drug-likeness (QED) is 0.685. The molecule has 5 heteroatoms. The van der Waals surface area contributed by atoms with Gasteiger partial charge in [-0.15, -0.1) is 0 Å². The van der Waals surface area contributed by atoms with Crippen molar-refractivity contribution in [1.82, 2.24) is 0 Å². The summed E-state index contributed by atoms with van der Waals surface area (Å²) < 4.78 is 5.65. The van der Waals surface area contributed by atoms with Gasteiger partial charge in [0.2, 0.25) is 6.08 Å². The van der Waals surface area contributed by atoms with E-state index >= 15 is 0 Å². The molecule has 0 atom stereocenters. The maximum atomic E-state index is 10.4. The maximum absolute atomic E-state index is 10.4. The molecule has 0 radical (unpaired) electrons. The zero-order chi connectivity index (χ0) is 11.8. The second kappa shape index (κ2) is 3.92. The van der Waals surface area contributed by atoms with Crippen LogP contribution in [-0.2, 0) is 10.3 Å². The Morgan fingerprint density at radius 1 is 1.56 bits per heavy atom. The molecule has 0 amide bonds. The molecule has 1 aliphatic carbocycles. The summed E-state index contributed by atoms with van der Waals surface area (Å²) >= 11 is 3.24. The van der Waals surface area contributed by atoms with Gasteiger partial charge in [-0.25, -0.2) is 4.79 Å². The molecule has 1 aromatic carbocycles. The van der Waals surface area contributed by atoms with E-state index in [1.807, 2.05) is 0 Å². The highest BCUT2D eigenvalue weighted by molar-refractivity contribution is 9.10. The number of aromatic hydroxyl groups is 1. The number of isocyanates is 1. The second-order valence-corrected chi connectivity index (χ2v) is 4.59. The predicted molar refractivity (Wildman–Crippen MR) is 61.4 cm³/mol. The van der Waals surface area contributed by atoms with Crippen molar-refractivity contribution in [2.75, 3.05) is 7.11 Å². The molecule has 2 rings (SSSR count). The molecule has 84 valence electrons. The number of ether oxygens (including phenoxy) is 1. The summed E-state index contributed by atoms with van der Waals surface area (Å²) in [6.45, 7) is 0. The van der Waals surface area contributed by atoms with E-state index in [-0.39, 0.29) is 5.75 Å². The van der Waals surface area contributed by atoms with Crippen LogP contribution in [0.15, 0.2) is 21.6 Å². The van der Waals surface area contributed by atoms with Gasteiger partial charge in [-0.1, -0.05) is 0 Å². The molecule has 0 aliphatic heterocycles. The van der Waals surface area contributed by atoms with Gasteiger partial charge in [0.05, 0.1) is 11.6 Å². The van der Waals surface area contributed by atoms with E-state index in [0.29, 0.717) is 15.8 Å². The first-order valence-electron chi connectivity index (χ1n) is 4.79. The molecule has 1 fully saturated rings. The molecule has 1 N–H and O–H groups in total. The van der Waals surface area contributed by atoms with E-state index in [0.717, 1.165) is 12.8 Å². The minimum Gasteiger partial charge on any atom is -0.506 e. The predicted octanol–water partition coefficient (Wildman–Crippen LogP) is 2.49. The van der Waals surface area contributed by atoms with Crippen LogP contribution in [0.3, 0.4) is 0 Å². The average molecular weight is 284 g/mol. The molecule has 1 saturated carbocycles. The van der Waals surface area contributed by atoms with Gasteiger partial charge in [0, 0.05) is 5.56 Å². The number of phenols is 1. The number of carbonyl (C=O) groups excluding carboxylic acids is 1. The normalized spacial score (nSPS) is 16.4. The minimum absolute atomic E-state index is 0.109. The molecular formula is C11H10BrNO3. The lowest BCUT2D eigenvalue weighted by atomic mass is 10.0. The molecule has 0 spiro atoms. The zero-order valence-corrected chi connectivity index (χ0v) is 10.2. The summed E-state index contributed by atoms with van der Waals surface area (Å²) in [4.78, 5) is 14.1. The Labute approximate surface area is 101 Å². The van der Waals surface area contributed by atoms with E-state index in [1.54, 1.807) is 25.3 Å². The molecular weight excluding hydrogens is 274 g/mol. The highest BCUT2D eigenvalue weighted by atomic mass is 79.9. The van der Waals surface area contributed by atoms with Crippen LogP contribution in [0.1, 0.15) is 18.4 Å². The molecule has 0 aromatic heterocycles. The standard InChI is InChI=1S/C11H10BrNO3/c1-16-7-4-8(10(15)9(12)5-7)11(2-3-11)13-6-14/h4-5,15H,2-3H2,1H3. The number of nitrogens with zero attached hydrogens (tertiary/aromatic N) is 1. The summed E-state index contributed by atoms with van der Waals surface area (Å²) in [6, 6.07) is 3.37. The average Bonchev–Trinajstić information content (AvgIpc) is 3.03. The van der Waals surface area contributed by atoms with Crippen LogP contribution in [0.2, 0.25) is 0 Å². The van der Waals surface area contributed by atoms with E-state index in [1.165, 1.54) is 0 Å². The molecule has 0 unspecified atom stereocenters. The zero-order valence-electron chi connectivity index (χ0n) is 8.66. The molecule has 0 bridgehead atoms. The summed E-state index contributed by atoms with van der Waals surface area (Å²) in [6.07, 6.45) is 3.05. The van der Waals surface area contributed by atoms with E-state index < -0.39 is 5.54 Å². The number of hydrogen-bond donors (Lipinski definition) is 1. The lowest BCUT2D eigenvalue weighted by molar-refractivity contribution is 0.407. The number of hydrogen-bond acceptors (Lipinski definition) is 4. The van der Waals surface area contributed by atoms with Gasteiger partial charge in [-0.05, 0) is 40.9 Å². The molecule has 0 saturated heterocycles. The number of rotatable bonds is 3. The van der Waals surface area contributed by atoms with Crippen LogP contribution in [-0.4, -0.2) is 18.3 Å². The number of halogens is 1. The molecule has 16 heavy (non-hydrogen) atoms. The van der Waals surface area contributed by atoms with E-state index in [9.17, 15) is 9.90 Å². The summed E-state index contributed by atoms with van der Waals surface area (Å²) in [5.74, 6) is 0.726. The molecule has 0 heterocycles. The third kappa shape index (κ3) is 1.72.